The van der Waals surface area contributed by atoms with Gasteiger partial charge in [0.2, 0.25) is 5.91 Å². The summed E-state index contributed by atoms with van der Waals surface area (Å²) in [5, 5.41) is 4.30. The molecule has 1 N–H and O–H groups in total. The minimum absolute atomic E-state index is 0.197. The molecule has 0 aliphatic rings. The Morgan fingerprint density at radius 2 is 1.70 bits per heavy atom. The summed E-state index contributed by atoms with van der Waals surface area (Å²) < 4.78 is 29.4. The number of aromatic nitrogens is 2. The predicted molar refractivity (Wildman–Crippen MR) is 111 cm³/mol. The second-order valence-electron chi connectivity index (χ2n) is 6.69. The lowest BCUT2D eigenvalue weighted by atomic mass is 10.2. The van der Waals surface area contributed by atoms with Crippen LogP contribution in [0.3, 0.4) is 0 Å². The van der Waals surface area contributed by atoms with Gasteiger partial charge in [0.25, 0.3) is 5.56 Å². The third-order valence-electron chi connectivity index (χ3n) is 4.50. The van der Waals surface area contributed by atoms with Gasteiger partial charge in [-0.15, -0.1) is 11.3 Å². The van der Waals surface area contributed by atoms with Crippen LogP contribution in [0.4, 0.5) is 14.5 Å². The largest absolute Gasteiger partial charge is 0.336 e. The molecule has 0 bridgehead atoms. The summed E-state index contributed by atoms with van der Waals surface area (Å²) in [7, 11) is 0. The molecule has 0 aliphatic heterocycles. The number of amides is 1. The Kier molecular flexibility index (Phi) is 5.04. The van der Waals surface area contributed by atoms with Crippen LogP contribution in [0.25, 0.3) is 15.9 Å². The molecule has 2 aromatic heterocycles. The van der Waals surface area contributed by atoms with E-state index in [-0.39, 0.29) is 22.4 Å². The Hall–Kier alpha value is -3.59. The number of carbonyl (C=O) groups excluding carboxylic acids is 1. The van der Waals surface area contributed by atoms with E-state index < -0.39 is 28.8 Å². The van der Waals surface area contributed by atoms with Crippen LogP contribution < -0.4 is 16.6 Å². The molecule has 4 rings (SSSR count). The number of halogens is 2. The molecule has 0 saturated carbocycles. The molecule has 152 valence electrons. The van der Waals surface area contributed by atoms with Crippen LogP contribution in [0.5, 0.6) is 0 Å². The molecule has 1 amide bonds. The third-order valence-corrected chi connectivity index (χ3v) is 5.39. The van der Waals surface area contributed by atoms with Gasteiger partial charge in [-0.1, -0.05) is 17.7 Å². The summed E-state index contributed by atoms with van der Waals surface area (Å²) in [6, 6.07) is 11.1. The lowest BCUT2D eigenvalue weighted by Crippen LogP contribution is -2.40. The predicted octanol–water partition coefficient (Wildman–Crippen LogP) is 3.44. The number of nitrogens with zero attached hydrogens (tertiary/aromatic N) is 2. The van der Waals surface area contributed by atoms with Gasteiger partial charge in [-0.3, -0.25) is 14.2 Å². The molecule has 6 nitrogen and oxygen atoms in total. The van der Waals surface area contributed by atoms with Gasteiger partial charge in [-0.25, -0.2) is 18.1 Å². The summed E-state index contributed by atoms with van der Waals surface area (Å²) in [5.41, 5.74) is 0.0483. The average Bonchev–Trinajstić information content (AvgIpc) is 3.16. The zero-order valence-electron chi connectivity index (χ0n) is 15.7. The van der Waals surface area contributed by atoms with Crippen molar-refractivity contribution in [3.05, 3.63) is 91.9 Å². The van der Waals surface area contributed by atoms with Crippen molar-refractivity contribution in [2.45, 2.75) is 13.5 Å². The van der Waals surface area contributed by atoms with Crippen LogP contribution in [0, 0.1) is 18.6 Å². The maximum atomic E-state index is 13.7. The first kappa shape index (κ1) is 19.7. The van der Waals surface area contributed by atoms with Crippen molar-refractivity contribution in [1.29, 1.82) is 0 Å². The van der Waals surface area contributed by atoms with Gasteiger partial charge >= 0.3 is 5.69 Å². The van der Waals surface area contributed by atoms with Crippen LogP contribution in [0.1, 0.15) is 5.56 Å². The van der Waals surface area contributed by atoms with E-state index in [1.165, 1.54) is 0 Å². The van der Waals surface area contributed by atoms with E-state index in [9.17, 15) is 23.2 Å². The smallest absolute Gasteiger partial charge is 0.325 e. The molecular weight excluding hydrogens is 412 g/mol. The van der Waals surface area contributed by atoms with Crippen molar-refractivity contribution >= 4 is 33.1 Å². The number of hydrogen-bond acceptors (Lipinski definition) is 4. The van der Waals surface area contributed by atoms with Crippen molar-refractivity contribution in [3.63, 3.8) is 0 Å². The van der Waals surface area contributed by atoms with E-state index in [0.717, 1.165) is 33.6 Å². The first-order valence-electron chi connectivity index (χ1n) is 8.89. The van der Waals surface area contributed by atoms with E-state index in [1.54, 1.807) is 23.6 Å². The normalized spacial score (nSPS) is 11.0. The number of rotatable bonds is 4. The van der Waals surface area contributed by atoms with Crippen LogP contribution in [-0.4, -0.2) is 15.0 Å². The van der Waals surface area contributed by atoms with Crippen molar-refractivity contribution in [3.8, 4) is 5.69 Å². The molecule has 0 unspecified atom stereocenters. The molecule has 30 heavy (non-hydrogen) atoms. The topological polar surface area (TPSA) is 73.1 Å². The number of fused-ring (bicyclic) bond motifs is 1. The molecular formula is C21H15F2N3O3S. The zero-order chi connectivity index (χ0) is 21.4. The maximum Gasteiger partial charge on any atom is 0.336 e. The van der Waals surface area contributed by atoms with Crippen molar-refractivity contribution in [2.24, 2.45) is 0 Å². The fourth-order valence-electron chi connectivity index (χ4n) is 3.12. The molecule has 0 atom stereocenters. The second kappa shape index (κ2) is 7.68. The number of hydrogen-bond donors (Lipinski definition) is 1. The maximum absolute atomic E-state index is 13.7. The van der Waals surface area contributed by atoms with Gasteiger partial charge in [0.05, 0.1) is 11.2 Å². The summed E-state index contributed by atoms with van der Waals surface area (Å²) in [4.78, 5) is 38.4. The van der Waals surface area contributed by atoms with Crippen LogP contribution >= 0.6 is 11.3 Å². The van der Waals surface area contributed by atoms with E-state index in [0.29, 0.717) is 16.3 Å². The van der Waals surface area contributed by atoms with E-state index in [4.69, 9.17) is 0 Å². The molecule has 4 aromatic rings. The highest BCUT2D eigenvalue weighted by molar-refractivity contribution is 7.17. The molecule has 0 radical (unpaired) electrons. The lowest BCUT2D eigenvalue weighted by molar-refractivity contribution is -0.116. The standard InChI is InChI=1S/C21H15F2N3O3S/c1-12-2-4-15(5-3-12)24-18(27)11-25-17-6-7-30-19(17)20(28)26(21(25)29)16-9-13(22)8-14(23)10-16/h2-10H,11H2,1H3,(H,24,27). The molecule has 0 saturated heterocycles. The Labute approximate surface area is 172 Å². The first-order valence-corrected chi connectivity index (χ1v) is 9.77. The summed E-state index contributed by atoms with van der Waals surface area (Å²) in [6.07, 6.45) is 0. The quantitative estimate of drug-likeness (QED) is 0.542. The highest BCUT2D eigenvalue weighted by Gasteiger charge is 2.18. The summed E-state index contributed by atoms with van der Waals surface area (Å²) >= 11 is 1.07. The number of thiophene rings is 1. The average molecular weight is 427 g/mol. The Morgan fingerprint density at radius 3 is 2.37 bits per heavy atom. The van der Waals surface area contributed by atoms with E-state index >= 15 is 0 Å². The van der Waals surface area contributed by atoms with Gasteiger partial charge < -0.3 is 5.32 Å². The van der Waals surface area contributed by atoms with Crippen LogP contribution in [0.2, 0.25) is 0 Å². The van der Waals surface area contributed by atoms with Crippen molar-refractivity contribution in [2.75, 3.05) is 5.32 Å². The van der Waals surface area contributed by atoms with Crippen LogP contribution in [0.15, 0.2) is 63.5 Å². The van der Waals surface area contributed by atoms with Crippen molar-refractivity contribution < 1.29 is 13.6 Å². The third kappa shape index (κ3) is 3.67. The number of carbonyl (C=O) groups is 1. The molecule has 2 aromatic carbocycles. The molecule has 0 spiro atoms. The zero-order valence-corrected chi connectivity index (χ0v) is 16.5. The fourth-order valence-corrected chi connectivity index (χ4v) is 3.94. The Morgan fingerprint density at radius 1 is 1.03 bits per heavy atom. The van der Waals surface area contributed by atoms with Gasteiger partial charge in [-0.2, -0.15) is 0 Å². The minimum Gasteiger partial charge on any atom is -0.325 e. The SMILES string of the molecule is Cc1ccc(NC(=O)Cn2c(=O)n(-c3cc(F)cc(F)c3)c(=O)c3sccc32)cc1. The number of nitrogens with one attached hydrogen (secondary N) is 1. The van der Waals surface area contributed by atoms with E-state index in [2.05, 4.69) is 5.32 Å². The van der Waals surface area contributed by atoms with Gasteiger partial charge in [0, 0.05) is 11.8 Å². The molecule has 0 aliphatic carbocycles. The molecule has 2 heterocycles. The monoisotopic (exact) mass is 427 g/mol. The lowest BCUT2D eigenvalue weighted by Gasteiger charge is -2.13. The van der Waals surface area contributed by atoms with Gasteiger partial charge in [-0.05, 0) is 42.6 Å². The number of aryl methyl sites for hydroxylation is 1. The molecule has 0 fully saturated rings. The fraction of sp³-hybridized carbons (Fsp3) is 0.0952. The number of benzene rings is 2. The number of anilines is 1. The summed E-state index contributed by atoms with van der Waals surface area (Å²) in [5.74, 6) is -2.33. The second-order valence-corrected chi connectivity index (χ2v) is 7.60. The van der Waals surface area contributed by atoms with Crippen molar-refractivity contribution in [1.82, 2.24) is 9.13 Å². The van der Waals surface area contributed by atoms with E-state index in [1.807, 2.05) is 19.1 Å². The van der Waals surface area contributed by atoms with Gasteiger partial charge in [0.1, 0.15) is 22.9 Å². The highest BCUT2D eigenvalue weighted by Crippen LogP contribution is 2.18. The minimum atomic E-state index is -0.925. The summed E-state index contributed by atoms with van der Waals surface area (Å²) in [6.45, 7) is 1.54. The molecule has 9 heteroatoms. The highest BCUT2D eigenvalue weighted by atomic mass is 32.1. The first-order chi connectivity index (χ1) is 14.3. The van der Waals surface area contributed by atoms with Crippen LogP contribution in [-0.2, 0) is 11.3 Å². The Bertz CT molecular complexity index is 1370. The van der Waals surface area contributed by atoms with Gasteiger partial charge in [0.15, 0.2) is 0 Å². The Balaban J connectivity index is 1.81.